The van der Waals surface area contributed by atoms with E-state index < -0.39 is 17.3 Å². The predicted molar refractivity (Wildman–Crippen MR) is 108 cm³/mol. The molecule has 1 fully saturated rings. The summed E-state index contributed by atoms with van der Waals surface area (Å²) < 4.78 is 45.8. The van der Waals surface area contributed by atoms with Gasteiger partial charge in [-0.15, -0.1) is 0 Å². The van der Waals surface area contributed by atoms with E-state index in [1.165, 1.54) is 6.07 Å². The van der Waals surface area contributed by atoms with E-state index in [0.717, 1.165) is 18.9 Å². The summed E-state index contributed by atoms with van der Waals surface area (Å²) in [6.07, 6.45) is -3.09. The molecule has 29 heavy (non-hydrogen) atoms. The van der Waals surface area contributed by atoms with Gasteiger partial charge in [0.05, 0.1) is 5.56 Å². The van der Waals surface area contributed by atoms with E-state index >= 15 is 0 Å². The van der Waals surface area contributed by atoms with Crippen molar-refractivity contribution in [1.82, 2.24) is 9.80 Å². The van der Waals surface area contributed by atoms with Crippen molar-refractivity contribution < 1.29 is 22.7 Å². The highest BCUT2D eigenvalue weighted by molar-refractivity contribution is 5.68. The number of piperidine rings is 1. The Balaban J connectivity index is 2.19. The van der Waals surface area contributed by atoms with Gasteiger partial charge in [-0.2, -0.15) is 13.2 Å². The van der Waals surface area contributed by atoms with Gasteiger partial charge in [-0.1, -0.05) is 32.0 Å². The Labute approximate surface area is 172 Å². The molecule has 0 aliphatic carbocycles. The monoisotopic (exact) mass is 414 g/mol. The number of ether oxygens (including phenoxy) is 1. The summed E-state index contributed by atoms with van der Waals surface area (Å²) in [5.41, 5.74) is -0.892. The molecular weight excluding hydrogens is 381 g/mol. The molecule has 0 saturated carbocycles. The maximum Gasteiger partial charge on any atom is 0.416 e. The van der Waals surface area contributed by atoms with Crippen LogP contribution in [0.25, 0.3) is 0 Å². The third-order valence-corrected chi connectivity index (χ3v) is 4.86. The Bertz CT molecular complexity index is 683. The summed E-state index contributed by atoms with van der Waals surface area (Å²) in [7, 11) is 0. The lowest BCUT2D eigenvalue weighted by molar-refractivity contribution is -0.138. The van der Waals surface area contributed by atoms with Gasteiger partial charge in [0, 0.05) is 32.2 Å². The molecule has 4 nitrogen and oxygen atoms in total. The van der Waals surface area contributed by atoms with Crippen LogP contribution in [0.3, 0.4) is 0 Å². The fourth-order valence-corrected chi connectivity index (χ4v) is 3.71. The normalized spacial score (nSPS) is 18.4. The smallest absolute Gasteiger partial charge is 0.416 e. The summed E-state index contributed by atoms with van der Waals surface area (Å²) in [6.45, 7) is 11.5. The zero-order valence-electron chi connectivity index (χ0n) is 18.1. The zero-order valence-corrected chi connectivity index (χ0v) is 18.1. The number of rotatable bonds is 5. The van der Waals surface area contributed by atoms with E-state index in [1.807, 2.05) is 20.8 Å². The maximum atomic E-state index is 13.4. The molecule has 1 saturated heterocycles. The summed E-state index contributed by atoms with van der Waals surface area (Å²) in [5.74, 6) is 0.296. The van der Waals surface area contributed by atoms with Crippen molar-refractivity contribution in [2.75, 3.05) is 19.6 Å². The molecule has 7 heteroatoms. The molecule has 1 aliphatic heterocycles. The molecule has 1 unspecified atom stereocenters. The second-order valence-electron chi connectivity index (χ2n) is 9.20. The zero-order chi connectivity index (χ0) is 21.8. The van der Waals surface area contributed by atoms with Crippen LogP contribution in [0.4, 0.5) is 18.0 Å². The van der Waals surface area contributed by atoms with E-state index in [0.29, 0.717) is 25.6 Å². The predicted octanol–water partition coefficient (Wildman–Crippen LogP) is 5.56. The highest BCUT2D eigenvalue weighted by atomic mass is 19.4. The van der Waals surface area contributed by atoms with E-state index in [-0.39, 0.29) is 24.2 Å². The first kappa shape index (κ1) is 23.5. The van der Waals surface area contributed by atoms with Crippen LogP contribution in [-0.4, -0.2) is 47.2 Å². The summed E-state index contributed by atoms with van der Waals surface area (Å²) >= 11 is 0. The second-order valence-corrected chi connectivity index (χ2v) is 9.20. The Morgan fingerprint density at radius 2 is 1.90 bits per heavy atom. The lowest BCUT2D eigenvalue weighted by Crippen LogP contribution is -2.51. The fourth-order valence-electron chi connectivity index (χ4n) is 3.71. The second kappa shape index (κ2) is 9.37. The molecule has 1 aromatic carbocycles. The lowest BCUT2D eigenvalue weighted by atomic mass is 10.00. The Hall–Kier alpha value is -1.76. The maximum absolute atomic E-state index is 13.4. The van der Waals surface area contributed by atoms with Crippen LogP contribution in [0.2, 0.25) is 0 Å². The molecule has 164 valence electrons. The van der Waals surface area contributed by atoms with Crippen molar-refractivity contribution in [2.24, 2.45) is 5.92 Å². The summed E-state index contributed by atoms with van der Waals surface area (Å²) in [5, 5.41) is 0. The van der Waals surface area contributed by atoms with Gasteiger partial charge in [-0.25, -0.2) is 4.79 Å². The number of carbonyl (C=O) groups excluding carboxylic acids is 1. The third kappa shape index (κ3) is 7.21. The van der Waals surface area contributed by atoms with Crippen molar-refractivity contribution in [3.63, 3.8) is 0 Å². The average Bonchev–Trinajstić information content (AvgIpc) is 2.59. The van der Waals surface area contributed by atoms with Gasteiger partial charge in [0.25, 0.3) is 0 Å². The fraction of sp³-hybridized carbons (Fsp3) is 0.682. The van der Waals surface area contributed by atoms with Crippen molar-refractivity contribution in [3.05, 3.63) is 35.4 Å². The van der Waals surface area contributed by atoms with Crippen LogP contribution in [-0.2, 0) is 17.5 Å². The molecule has 1 aliphatic rings. The third-order valence-electron chi connectivity index (χ3n) is 4.86. The van der Waals surface area contributed by atoms with Gasteiger partial charge in [0.1, 0.15) is 5.60 Å². The number of carbonyl (C=O) groups is 1. The molecule has 2 rings (SSSR count). The molecule has 0 aromatic heterocycles. The molecule has 1 atom stereocenters. The number of likely N-dealkylation sites (tertiary alicyclic amines) is 1. The number of hydrogen-bond acceptors (Lipinski definition) is 3. The molecule has 1 amide bonds. The van der Waals surface area contributed by atoms with Crippen LogP contribution >= 0.6 is 0 Å². The first-order valence-electron chi connectivity index (χ1n) is 10.2. The minimum Gasteiger partial charge on any atom is -0.444 e. The van der Waals surface area contributed by atoms with Gasteiger partial charge < -0.3 is 9.64 Å². The highest BCUT2D eigenvalue weighted by Crippen LogP contribution is 2.33. The van der Waals surface area contributed by atoms with E-state index in [1.54, 1.807) is 17.0 Å². The largest absolute Gasteiger partial charge is 0.444 e. The van der Waals surface area contributed by atoms with E-state index in [9.17, 15) is 18.0 Å². The van der Waals surface area contributed by atoms with Crippen molar-refractivity contribution in [1.29, 1.82) is 0 Å². The Morgan fingerprint density at radius 1 is 1.24 bits per heavy atom. The molecule has 0 radical (unpaired) electrons. The van der Waals surface area contributed by atoms with Crippen LogP contribution in [0.5, 0.6) is 0 Å². The topological polar surface area (TPSA) is 32.8 Å². The number of amides is 1. The van der Waals surface area contributed by atoms with Gasteiger partial charge in [-0.05, 0) is 51.2 Å². The minimum absolute atomic E-state index is 0.0000387. The van der Waals surface area contributed by atoms with Crippen LogP contribution in [0, 0.1) is 5.92 Å². The molecular formula is C22H33F3N2O2. The quantitative estimate of drug-likeness (QED) is 0.632. The SMILES string of the molecule is CC(C)CN(Cc1ccccc1C(F)(F)F)C1CCCN(C(=O)OC(C)(C)C)C1. The van der Waals surface area contributed by atoms with Crippen LogP contribution in [0.1, 0.15) is 58.6 Å². The van der Waals surface area contributed by atoms with Crippen molar-refractivity contribution in [2.45, 2.75) is 71.8 Å². The summed E-state index contributed by atoms with van der Waals surface area (Å²) in [4.78, 5) is 16.3. The minimum atomic E-state index is -4.38. The van der Waals surface area contributed by atoms with Gasteiger partial charge in [0.2, 0.25) is 0 Å². The van der Waals surface area contributed by atoms with Gasteiger partial charge in [0.15, 0.2) is 0 Å². The molecule has 0 bridgehead atoms. The van der Waals surface area contributed by atoms with E-state index in [2.05, 4.69) is 18.7 Å². The Morgan fingerprint density at radius 3 is 2.48 bits per heavy atom. The van der Waals surface area contributed by atoms with Crippen LogP contribution < -0.4 is 0 Å². The summed E-state index contributed by atoms with van der Waals surface area (Å²) in [6, 6.07) is 5.75. The number of hydrogen-bond donors (Lipinski definition) is 0. The molecule has 1 aromatic rings. The lowest BCUT2D eigenvalue weighted by Gasteiger charge is -2.40. The van der Waals surface area contributed by atoms with Crippen molar-refractivity contribution >= 4 is 6.09 Å². The van der Waals surface area contributed by atoms with Gasteiger partial charge in [-0.3, -0.25) is 4.90 Å². The first-order chi connectivity index (χ1) is 13.4. The number of nitrogens with zero attached hydrogens (tertiary/aromatic N) is 2. The number of benzene rings is 1. The molecule has 1 heterocycles. The number of halogens is 3. The average molecular weight is 415 g/mol. The molecule has 0 spiro atoms. The van der Waals surface area contributed by atoms with Gasteiger partial charge >= 0.3 is 12.3 Å². The standard InChI is InChI=1S/C22H33F3N2O2/c1-16(2)13-27(14-17-9-6-7-11-19(17)22(23,24)25)18-10-8-12-26(15-18)20(28)29-21(3,4)5/h6-7,9,11,16,18H,8,10,12-15H2,1-5H3. The van der Waals surface area contributed by atoms with Crippen LogP contribution in [0.15, 0.2) is 24.3 Å². The Kier molecular flexibility index (Phi) is 7.60. The van der Waals surface area contributed by atoms with E-state index in [4.69, 9.17) is 4.74 Å². The highest BCUT2D eigenvalue weighted by Gasteiger charge is 2.35. The number of alkyl halides is 3. The first-order valence-corrected chi connectivity index (χ1v) is 10.2. The van der Waals surface area contributed by atoms with Crippen molar-refractivity contribution in [3.8, 4) is 0 Å². The molecule has 0 N–H and O–H groups in total.